The lowest BCUT2D eigenvalue weighted by molar-refractivity contribution is -0.114. The molecule has 1 aromatic heterocycles. The molecule has 94 valence electrons. The van der Waals surface area contributed by atoms with E-state index in [1.807, 2.05) is 0 Å². The highest BCUT2D eigenvalue weighted by atomic mass is 16.5. The Morgan fingerprint density at radius 1 is 1.56 bits per heavy atom. The van der Waals surface area contributed by atoms with Gasteiger partial charge in [0, 0.05) is 6.92 Å². The van der Waals surface area contributed by atoms with Gasteiger partial charge >= 0.3 is 0 Å². The van der Waals surface area contributed by atoms with Crippen molar-refractivity contribution in [3.63, 3.8) is 0 Å². The molecule has 0 radical (unpaired) electrons. The van der Waals surface area contributed by atoms with Crippen LogP contribution in [0.25, 0.3) is 11.4 Å². The monoisotopic (exact) mass is 248 g/mol. The van der Waals surface area contributed by atoms with E-state index in [0.717, 1.165) is 0 Å². The predicted molar refractivity (Wildman–Crippen MR) is 63.6 cm³/mol. The summed E-state index contributed by atoms with van der Waals surface area (Å²) in [6, 6.07) is 4.74. The standard InChI is InChI=1S/C11H12N4O3/c1-6(16)13-10-7(3-2-4-8(10)17)11-14-9(5-12)18-15-11/h2-4,17H,5,12H2,1H3,(H,13,16). The Bertz CT molecular complexity index is 579. The maximum Gasteiger partial charge on any atom is 0.240 e. The molecule has 18 heavy (non-hydrogen) atoms. The smallest absolute Gasteiger partial charge is 0.240 e. The maximum atomic E-state index is 11.1. The molecule has 0 saturated heterocycles. The average Bonchev–Trinajstić information content (AvgIpc) is 2.80. The Hall–Kier alpha value is -2.41. The first-order valence-corrected chi connectivity index (χ1v) is 5.24. The maximum absolute atomic E-state index is 11.1. The van der Waals surface area contributed by atoms with Crippen LogP contribution in [-0.2, 0) is 11.3 Å². The number of anilines is 1. The Morgan fingerprint density at radius 2 is 2.33 bits per heavy atom. The largest absolute Gasteiger partial charge is 0.506 e. The first-order chi connectivity index (χ1) is 8.61. The molecule has 1 amide bonds. The van der Waals surface area contributed by atoms with Crippen LogP contribution in [0.2, 0.25) is 0 Å². The van der Waals surface area contributed by atoms with Gasteiger partial charge < -0.3 is 20.7 Å². The highest BCUT2D eigenvalue weighted by Crippen LogP contribution is 2.33. The molecule has 0 saturated carbocycles. The fourth-order valence-corrected chi connectivity index (χ4v) is 1.48. The highest BCUT2D eigenvalue weighted by Gasteiger charge is 2.15. The summed E-state index contributed by atoms with van der Waals surface area (Å²) in [5, 5.41) is 16.0. The lowest BCUT2D eigenvalue weighted by Crippen LogP contribution is -2.07. The van der Waals surface area contributed by atoms with Crippen LogP contribution in [0.1, 0.15) is 12.8 Å². The highest BCUT2D eigenvalue weighted by molar-refractivity contribution is 5.95. The van der Waals surface area contributed by atoms with Crippen LogP contribution in [0.3, 0.4) is 0 Å². The van der Waals surface area contributed by atoms with Crippen LogP contribution < -0.4 is 11.1 Å². The van der Waals surface area contributed by atoms with E-state index in [9.17, 15) is 9.90 Å². The number of hydrogen-bond acceptors (Lipinski definition) is 6. The summed E-state index contributed by atoms with van der Waals surface area (Å²) < 4.78 is 4.89. The van der Waals surface area contributed by atoms with Crippen LogP contribution in [0, 0.1) is 0 Å². The van der Waals surface area contributed by atoms with E-state index < -0.39 is 0 Å². The van der Waals surface area contributed by atoms with E-state index in [4.69, 9.17) is 10.3 Å². The third-order valence-corrected chi connectivity index (χ3v) is 2.23. The minimum absolute atomic E-state index is 0.0678. The fraction of sp³-hybridized carbons (Fsp3) is 0.182. The number of amides is 1. The van der Waals surface area contributed by atoms with Gasteiger partial charge in [-0.1, -0.05) is 11.2 Å². The molecular formula is C11H12N4O3. The molecule has 2 aromatic rings. The quantitative estimate of drug-likeness (QED) is 0.694. The number of rotatable bonds is 3. The summed E-state index contributed by atoms with van der Waals surface area (Å²) in [6.45, 7) is 1.47. The summed E-state index contributed by atoms with van der Waals surface area (Å²) in [4.78, 5) is 15.1. The lowest BCUT2D eigenvalue weighted by Gasteiger charge is -2.08. The number of phenolic OH excluding ortho intramolecular Hbond substituents is 1. The molecular weight excluding hydrogens is 236 g/mol. The molecule has 1 aromatic carbocycles. The van der Waals surface area contributed by atoms with Crippen LogP contribution >= 0.6 is 0 Å². The molecule has 0 bridgehead atoms. The summed E-state index contributed by atoms with van der Waals surface area (Å²) in [5.41, 5.74) is 6.09. The van der Waals surface area contributed by atoms with Crippen molar-refractivity contribution >= 4 is 11.6 Å². The number of benzene rings is 1. The fourth-order valence-electron chi connectivity index (χ4n) is 1.48. The number of nitrogens with two attached hydrogens (primary N) is 1. The Morgan fingerprint density at radius 3 is 2.94 bits per heavy atom. The summed E-state index contributed by atoms with van der Waals surface area (Å²) in [5.74, 6) is 0.166. The lowest BCUT2D eigenvalue weighted by atomic mass is 10.1. The molecule has 0 unspecified atom stereocenters. The van der Waals surface area contributed by atoms with Gasteiger partial charge in [0.15, 0.2) is 0 Å². The van der Waals surface area contributed by atoms with Gasteiger partial charge in [0.05, 0.1) is 17.8 Å². The first-order valence-electron chi connectivity index (χ1n) is 5.24. The zero-order valence-electron chi connectivity index (χ0n) is 9.67. The Labute approximate surface area is 103 Å². The molecule has 0 aliphatic rings. The average molecular weight is 248 g/mol. The molecule has 0 spiro atoms. The van der Waals surface area contributed by atoms with Crippen molar-refractivity contribution in [3.05, 3.63) is 24.1 Å². The van der Waals surface area contributed by atoms with Crippen molar-refractivity contribution in [2.75, 3.05) is 5.32 Å². The van der Waals surface area contributed by atoms with Crippen LogP contribution in [0.4, 0.5) is 5.69 Å². The first kappa shape index (κ1) is 12.1. The topological polar surface area (TPSA) is 114 Å². The number of carbonyl (C=O) groups excluding carboxylic acids is 1. The Kier molecular flexibility index (Phi) is 3.24. The number of phenols is 1. The molecule has 0 atom stereocenters. The van der Waals surface area contributed by atoms with E-state index in [-0.39, 0.29) is 35.6 Å². The third kappa shape index (κ3) is 2.30. The van der Waals surface area contributed by atoms with Crippen molar-refractivity contribution in [2.24, 2.45) is 5.73 Å². The van der Waals surface area contributed by atoms with Crippen LogP contribution in [0.15, 0.2) is 22.7 Å². The molecule has 0 aliphatic carbocycles. The zero-order valence-corrected chi connectivity index (χ0v) is 9.67. The number of aromatic hydroxyl groups is 1. The van der Waals surface area contributed by atoms with Gasteiger partial charge in [-0.05, 0) is 12.1 Å². The van der Waals surface area contributed by atoms with Gasteiger partial charge in [0.2, 0.25) is 17.6 Å². The molecule has 0 fully saturated rings. The summed E-state index contributed by atoms with van der Waals surface area (Å²) >= 11 is 0. The van der Waals surface area contributed by atoms with Crippen molar-refractivity contribution in [1.82, 2.24) is 10.1 Å². The van der Waals surface area contributed by atoms with Crippen molar-refractivity contribution in [1.29, 1.82) is 0 Å². The van der Waals surface area contributed by atoms with Crippen LogP contribution in [0.5, 0.6) is 5.75 Å². The van der Waals surface area contributed by atoms with Gasteiger partial charge in [0.25, 0.3) is 0 Å². The van der Waals surface area contributed by atoms with Crippen molar-refractivity contribution in [2.45, 2.75) is 13.5 Å². The van der Waals surface area contributed by atoms with Crippen molar-refractivity contribution in [3.8, 4) is 17.1 Å². The molecule has 0 aliphatic heterocycles. The van der Waals surface area contributed by atoms with Gasteiger partial charge in [0.1, 0.15) is 5.75 Å². The minimum atomic E-state index is -0.305. The van der Waals surface area contributed by atoms with E-state index in [2.05, 4.69) is 15.5 Å². The number of nitrogens with zero attached hydrogens (tertiary/aromatic N) is 2. The van der Waals surface area contributed by atoms with Gasteiger partial charge in [-0.15, -0.1) is 0 Å². The summed E-state index contributed by atoms with van der Waals surface area (Å²) in [7, 11) is 0. The third-order valence-electron chi connectivity index (χ3n) is 2.23. The van der Waals surface area contributed by atoms with Gasteiger partial charge in [-0.2, -0.15) is 4.98 Å². The molecule has 7 heteroatoms. The van der Waals surface area contributed by atoms with Gasteiger partial charge in [-0.3, -0.25) is 4.79 Å². The normalized spacial score (nSPS) is 10.3. The van der Waals surface area contributed by atoms with E-state index in [0.29, 0.717) is 5.56 Å². The second-order valence-corrected chi connectivity index (χ2v) is 3.60. The van der Waals surface area contributed by atoms with E-state index in [1.165, 1.54) is 13.0 Å². The number of aromatic nitrogens is 2. The zero-order chi connectivity index (χ0) is 13.1. The molecule has 4 N–H and O–H groups in total. The molecule has 7 nitrogen and oxygen atoms in total. The minimum Gasteiger partial charge on any atom is -0.506 e. The molecule has 1 heterocycles. The number of carbonyl (C=O) groups is 1. The van der Waals surface area contributed by atoms with Crippen molar-refractivity contribution < 1.29 is 14.4 Å². The SMILES string of the molecule is CC(=O)Nc1c(O)cccc1-c1noc(CN)n1. The van der Waals surface area contributed by atoms with E-state index in [1.54, 1.807) is 12.1 Å². The van der Waals surface area contributed by atoms with Gasteiger partial charge in [-0.25, -0.2) is 0 Å². The summed E-state index contributed by atoms with van der Waals surface area (Å²) in [6.07, 6.45) is 0. The molecule has 2 rings (SSSR count). The number of nitrogens with one attached hydrogen (secondary N) is 1. The van der Waals surface area contributed by atoms with Crippen LogP contribution in [-0.4, -0.2) is 21.2 Å². The Balaban J connectivity index is 2.49. The second-order valence-electron chi connectivity index (χ2n) is 3.60. The number of hydrogen-bond donors (Lipinski definition) is 3. The second kappa shape index (κ2) is 4.84. The number of para-hydroxylation sites is 1. The van der Waals surface area contributed by atoms with E-state index >= 15 is 0 Å². The predicted octanol–water partition coefficient (Wildman–Crippen LogP) is 0.859.